The number of hydrogen-bond donors (Lipinski definition) is 1. The molecule has 1 fully saturated rings. The maximum absolute atomic E-state index is 12.1. The van der Waals surface area contributed by atoms with Crippen LogP contribution in [0.4, 0.5) is 5.13 Å². The lowest BCUT2D eigenvalue weighted by molar-refractivity contribution is -0.313. The number of amides is 1. The highest BCUT2D eigenvalue weighted by molar-refractivity contribution is 7.13. The van der Waals surface area contributed by atoms with E-state index in [-0.39, 0.29) is 5.91 Å². The fourth-order valence-electron chi connectivity index (χ4n) is 2.34. The minimum Gasteiger partial charge on any atom is -0.550 e. The van der Waals surface area contributed by atoms with Crippen molar-refractivity contribution in [2.45, 2.75) is 32.6 Å². The van der Waals surface area contributed by atoms with Gasteiger partial charge in [0.2, 0.25) is 5.91 Å². The van der Waals surface area contributed by atoms with Gasteiger partial charge in [-0.1, -0.05) is 12.8 Å². The van der Waals surface area contributed by atoms with Crippen LogP contribution in [0.3, 0.4) is 0 Å². The molecule has 2 atom stereocenters. The number of thiazole rings is 1. The zero-order chi connectivity index (χ0) is 13.1. The van der Waals surface area contributed by atoms with Crippen molar-refractivity contribution in [3.05, 3.63) is 11.1 Å². The average molecular weight is 267 g/mol. The van der Waals surface area contributed by atoms with Gasteiger partial charge in [-0.2, -0.15) is 0 Å². The highest BCUT2D eigenvalue weighted by Crippen LogP contribution is 2.31. The Morgan fingerprint density at radius 3 is 2.61 bits per heavy atom. The molecule has 1 aromatic heterocycles. The Bertz CT molecular complexity index is 458. The van der Waals surface area contributed by atoms with E-state index in [2.05, 4.69) is 10.3 Å². The molecule has 2 rings (SSSR count). The summed E-state index contributed by atoms with van der Waals surface area (Å²) >= 11 is 1.35. The van der Waals surface area contributed by atoms with Crippen molar-refractivity contribution >= 4 is 28.3 Å². The van der Waals surface area contributed by atoms with Gasteiger partial charge in [-0.15, -0.1) is 11.3 Å². The number of nitrogens with one attached hydrogen (secondary N) is 1. The molecule has 1 heterocycles. The first-order chi connectivity index (χ1) is 8.58. The summed E-state index contributed by atoms with van der Waals surface area (Å²) in [6.07, 6.45) is 2.86. The molecule has 0 aromatic carbocycles. The molecule has 0 unspecified atom stereocenters. The molecule has 1 aliphatic rings. The Morgan fingerprint density at radius 2 is 2.06 bits per heavy atom. The monoisotopic (exact) mass is 267 g/mol. The van der Waals surface area contributed by atoms with Crippen LogP contribution in [0.25, 0.3) is 0 Å². The van der Waals surface area contributed by atoms with Crippen molar-refractivity contribution in [2.75, 3.05) is 5.32 Å². The summed E-state index contributed by atoms with van der Waals surface area (Å²) in [4.78, 5) is 27.2. The Balaban J connectivity index is 2.04. The summed E-state index contributed by atoms with van der Waals surface area (Å²) in [5.74, 6) is -2.53. The second-order valence-electron chi connectivity index (χ2n) is 4.60. The Labute approximate surface area is 109 Å². The minimum absolute atomic E-state index is 0.252. The van der Waals surface area contributed by atoms with E-state index in [0.29, 0.717) is 18.0 Å². The first kappa shape index (κ1) is 13.0. The summed E-state index contributed by atoms with van der Waals surface area (Å²) in [5.41, 5.74) is 0.843. The number of nitrogens with zero attached hydrogens (tertiary/aromatic N) is 1. The molecule has 1 N–H and O–H groups in total. The van der Waals surface area contributed by atoms with Crippen LogP contribution in [0.1, 0.15) is 31.4 Å². The normalized spacial score (nSPS) is 23.6. The van der Waals surface area contributed by atoms with Crippen molar-refractivity contribution in [3.63, 3.8) is 0 Å². The molecule has 1 aromatic rings. The molecular weight excluding hydrogens is 252 g/mol. The third-order valence-electron chi connectivity index (χ3n) is 3.25. The number of hydrogen-bond acceptors (Lipinski definition) is 5. The van der Waals surface area contributed by atoms with Crippen LogP contribution < -0.4 is 10.4 Å². The van der Waals surface area contributed by atoms with E-state index in [1.165, 1.54) is 11.3 Å². The van der Waals surface area contributed by atoms with E-state index in [9.17, 15) is 14.7 Å². The maximum Gasteiger partial charge on any atom is 0.229 e. The van der Waals surface area contributed by atoms with Crippen molar-refractivity contribution in [3.8, 4) is 0 Å². The molecular formula is C12H15N2O3S-. The third kappa shape index (κ3) is 2.87. The fourth-order valence-corrected chi connectivity index (χ4v) is 3.03. The Morgan fingerprint density at radius 1 is 1.39 bits per heavy atom. The summed E-state index contributed by atoms with van der Waals surface area (Å²) in [5, 5.41) is 16.1. The van der Waals surface area contributed by atoms with Gasteiger partial charge in [0.05, 0.1) is 5.69 Å². The van der Waals surface area contributed by atoms with Crippen LogP contribution >= 0.6 is 11.3 Å². The van der Waals surface area contributed by atoms with Crippen molar-refractivity contribution in [1.29, 1.82) is 0 Å². The maximum atomic E-state index is 12.1. The first-order valence-corrected chi connectivity index (χ1v) is 6.89. The van der Waals surface area contributed by atoms with E-state index < -0.39 is 17.8 Å². The van der Waals surface area contributed by atoms with E-state index in [4.69, 9.17) is 0 Å². The van der Waals surface area contributed by atoms with E-state index in [0.717, 1.165) is 18.5 Å². The molecule has 1 amide bonds. The van der Waals surface area contributed by atoms with Gasteiger partial charge in [-0.05, 0) is 19.8 Å². The highest BCUT2D eigenvalue weighted by Gasteiger charge is 2.32. The minimum atomic E-state index is -1.12. The predicted molar refractivity (Wildman–Crippen MR) is 65.9 cm³/mol. The smallest absolute Gasteiger partial charge is 0.229 e. The summed E-state index contributed by atoms with van der Waals surface area (Å²) < 4.78 is 0. The molecule has 0 bridgehead atoms. The highest BCUT2D eigenvalue weighted by atomic mass is 32.1. The quantitative estimate of drug-likeness (QED) is 0.883. The van der Waals surface area contributed by atoms with Crippen LogP contribution in [-0.4, -0.2) is 16.9 Å². The Hall–Kier alpha value is -1.43. The molecule has 98 valence electrons. The van der Waals surface area contributed by atoms with Gasteiger partial charge in [0, 0.05) is 23.2 Å². The molecule has 0 spiro atoms. The summed E-state index contributed by atoms with van der Waals surface area (Å²) in [7, 11) is 0. The number of carbonyl (C=O) groups is 2. The second kappa shape index (κ2) is 5.48. The zero-order valence-electron chi connectivity index (χ0n) is 10.1. The predicted octanol–water partition coefficient (Wildman–Crippen LogP) is 0.946. The number of carbonyl (C=O) groups excluding carboxylic acids is 2. The largest absolute Gasteiger partial charge is 0.550 e. The van der Waals surface area contributed by atoms with E-state index in [1.54, 1.807) is 0 Å². The molecule has 18 heavy (non-hydrogen) atoms. The van der Waals surface area contributed by atoms with Crippen LogP contribution in [0.2, 0.25) is 0 Å². The summed E-state index contributed by atoms with van der Waals surface area (Å²) in [6.45, 7) is 1.84. The lowest BCUT2D eigenvalue weighted by Crippen LogP contribution is -2.42. The molecule has 0 saturated heterocycles. The van der Waals surface area contributed by atoms with E-state index in [1.807, 2.05) is 12.3 Å². The number of rotatable bonds is 3. The van der Waals surface area contributed by atoms with Crippen LogP contribution in [0, 0.1) is 18.8 Å². The van der Waals surface area contributed by atoms with E-state index >= 15 is 0 Å². The van der Waals surface area contributed by atoms with Crippen molar-refractivity contribution in [1.82, 2.24) is 4.98 Å². The van der Waals surface area contributed by atoms with Gasteiger partial charge in [0.25, 0.3) is 0 Å². The van der Waals surface area contributed by atoms with Crippen LogP contribution in [0.15, 0.2) is 5.38 Å². The SMILES string of the molecule is Cc1csc(NC(=O)[C@@H]2CCCC[C@H]2C(=O)[O-])n1. The third-order valence-corrected chi connectivity index (χ3v) is 4.13. The number of aromatic nitrogens is 1. The molecule has 0 radical (unpaired) electrons. The molecule has 0 aliphatic heterocycles. The fraction of sp³-hybridized carbons (Fsp3) is 0.583. The standard InChI is InChI=1S/C12H16N2O3S/c1-7-6-18-12(13-7)14-10(15)8-4-2-3-5-9(8)11(16)17/h6,8-9H,2-5H2,1H3,(H,16,17)(H,13,14,15)/p-1/t8-,9-/m1/s1. The molecule has 6 heteroatoms. The zero-order valence-corrected chi connectivity index (χ0v) is 11.0. The van der Waals surface area contributed by atoms with Gasteiger partial charge in [0.15, 0.2) is 5.13 Å². The molecule has 5 nitrogen and oxygen atoms in total. The second-order valence-corrected chi connectivity index (χ2v) is 5.46. The number of carboxylic acid groups (broad SMARTS) is 1. The van der Waals surface area contributed by atoms with Crippen LogP contribution in [-0.2, 0) is 9.59 Å². The van der Waals surface area contributed by atoms with Crippen LogP contribution in [0.5, 0.6) is 0 Å². The number of anilines is 1. The van der Waals surface area contributed by atoms with Crippen molar-refractivity contribution < 1.29 is 14.7 Å². The van der Waals surface area contributed by atoms with Gasteiger partial charge in [0.1, 0.15) is 0 Å². The van der Waals surface area contributed by atoms with Crippen molar-refractivity contribution in [2.24, 2.45) is 11.8 Å². The molecule has 1 saturated carbocycles. The van der Waals surface area contributed by atoms with Gasteiger partial charge in [-0.25, -0.2) is 4.98 Å². The first-order valence-electron chi connectivity index (χ1n) is 6.02. The summed E-state index contributed by atoms with van der Waals surface area (Å²) in [6, 6.07) is 0. The lowest BCUT2D eigenvalue weighted by Gasteiger charge is -2.30. The average Bonchev–Trinajstić information content (AvgIpc) is 2.74. The number of aliphatic carboxylic acids is 1. The molecule has 1 aliphatic carbocycles. The van der Waals surface area contributed by atoms with Gasteiger partial charge < -0.3 is 15.2 Å². The topological polar surface area (TPSA) is 82.1 Å². The van der Waals surface area contributed by atoms with Gasteiger partial charge >= 0.3 is 0 Å². The Kier molecular flexibility index (Phi) is 3.96. The van der Waals surface area contributed by atoms with Gasteiger partial charge in [-0.3, -0.25) is 4.79 Å². The lowest BCUT2D eigenvalue weighted by atomic mass is 9.79. The number of aryl methyl sites for hydroxylation is 1. The number of carboxylic acids is 1.